The van der Waals surface area contributed by atoms with Crippen molar-refractivity contribution in [3.8, 4) is 73.0 Å². The number of pyridine rings is 2. The van der Waals surface area contributed by atoms with Crippen LogP contribution in [-0.2, 0) is 0 Å². The van der Waals surface area contributed by atoms with E-state index in [-0.39, 0.29) is 12.0 Å². The number of rotatable bonds is 8. The van der Waals surface area contributed by atoms with E-state index in [0.29, 0.717) is 0 Å². The first-order chi connectivity index (χ1) is 33.7. The molecule has 4 nitrogen and oxygen atoms in total. The Labute approximate surface area is 396 Å². The maximum absolute atomic E-state index is 5.00. The van der Waals surface area contributed by atoms with E-state index in [2.05, 4.69) is 252 Å². The van der Waals surface area contributed by atoms with Gasteiger partial charge in [-0.3, -0.25) is 0 Å². The van der Waals surface area contributed by atoms with Crippen LogP contribution < -0.4 is 4.90 Å². The van der Waals surface area contributed by atoms with E-state index in [1.807, 2.05) is 12.1 Å². The summed E-state index contributed by atoms with van der Waals surface area (Å²) in [5, 5.41) is 2.50. The van der Waals surface area contributed by atoms with Crippen molar-refractivity contribution in [1.29, 1.82) is 0 Å². The Balaban J connectivity index is 0.841. The number of allylic oxidation sites excluding steroid dienone is 2. The third-order valence-corrected chi connectivity index (χ3v) is 13.8. The number of aromatic nitrogens is 3. The third-order valence-electron chi connectivity index (χ3n) is 13.8. The summed E-state index contributed by atoms with van der Waals surface area (Å²) < 4.78 is 2.49. The second-order valence-corrected chi connectivity index (χ2v) is 17.7. The second-order valence-electron chi connectivity index (χ2n) is 17.7. The predicted octanol–water partition coefficient (Wildman–Crippen LogP) is 16.3. The number of hydrogen-bond donors (Lipinski definition) is 0. The van der Waals surface area contributed by atoms with Crippen molar-refractivity contribution in [3.05, 3.63) is 260 Å². The molecular weight excluding hydrogens is 825 g/mol. The van der Waals surface area contributed by atoms with Crippen molar-refractivity contribution < 1.29 is 0 Å². The molecule has 1 aliphatic heterocycles. The minimum absolute atomic E-state index is 0.151. The van der Waals surface area contributed by atoms with Gasteiger partial charge in [0.25, 0.3) is 0 Å². The van der Waals surface area contributed by atoms with Gasteiger partial charge in [-0.05, 0) is 82.4 Å². The van der Waals surface area contributed by atoms with Gasteiger partial charge in [-0.15, -0.1) is 0 Å². The van der Waals surface area contributed by atoms with Crippen molar-refractivity contribution in [2.45, 2.75) is 12.0 Å². The average molecular weight is 869 g/mol. The van der Waals surface area contributed by atoms with E-state index >= 15 is 0 Å². The van der Waals surface area contributed by atoms with Crippen molar-refractivity contribution in [1.82, 2.24) is 14.5 Å². The molecule has 320 valence electrons. The molecule has 0 radical (unpaired) electrons. The number of fused-ring (bicyclic) bond motifs is 7. The maximum atomic E-state index is 5.00. The maximum Gasteiger partial charge on any atom is 0.0782 e. The van der Waals surface area contributed by atoms with Crippen molar-refractivity contribution in [3.63, 3.8) is 0 Å². The van der Waals surface area contributed by atoms with Crippen molar-refractivity contribution in [2.75, 3.05) is 4.90 Å². The number of hydrogen-bond acceptors (Lipinski definition) is 3. The number of para-hydroxylation sites is 1. The van der Waals surface area contributed by atoms with Crippen LogP contribution in [0.4, 0.5) is 11.4 Å². The molecular formula is C64H44N4. The summed E-state index contributed by atoms with van der Waals surface area (Å²) in [5.41, 5.74) is 20.3. The van der Waals surface area contributed by atoms with E-state index in [9.17, 15) is 0 Å². The summed E-state index contributed by atoms with van der Waals surface area (Å²) in [4.78, 5) is 12.6. The van der Waals surface area contributed by atoms with Crippen LogP contribution >= 0.6 is 0 Å². The lowest BCUT2D eigenvalue weighted by atomic mass is 9.91. The lowest BCUT2D eigenvalue weighted by Crippen LogP contribution is -2.28. The number of anilines is 2. The normalized spacial score (nSPS) is 14.9. The van der Waals surface area contributed by atoms with Gasteiger partial charge in [0.1, 0.15) is 0 Å². The zero-order valence-corrected chi connectivity index (χ0v) is 37.2. The lowest BCUT2D eigenvalue weighted by Gasteiger charge is -2.29. The van der Waals surface area contributed by atoms with Crippen LogP contribution in [0.25, 0.3) is 94.8 Å². The Hall–Kier alpha value is -8.86. The van der Waals surface area contributed by atoms with Gasteiger partial charge in [-0.2, -0.15) is 0 Å². The zero-order valence-electron chi connectivity index (χ0n) is 37.2. The second kappa shape index (κ2) is 16.5. The van der Waals surface area contributed by atoms with Gasteiger partial charge in [0, 0.05) is 50.3 Å². The molecule has 0 N–H and O–H groups in total. The Bertz CT molecular complexity index is 3700. The van der Waals surface area contributed by atoms with Gasteiger partial charge in [0.15, 0.2) is 0 Å². The first kappa shape index (κ1) is 39.5. The van der Waals surface area contributed by atoms with E-state index in [4.69, 9.17) is 9.97 Å². The van der Waals surface area contributed by atoms with Crippen LogP contribution in [0.5, 0.6) is 0 Å². The van der Waals surface area contributed by atoms with Crippen LogP contribution in [0.15, 0.2) is 255 Å². The van der Waals surface area contributed by atoms with Crippen LogP contribution in [0.2, 0.25) is 0 Å². The van der Waals surface area contributed by atoms with Crippen molar-refractivity contribution >= 4 is 33.2 Å². The Morgan fingerprint density at radius 2 is 0.765 bits per heavy atom. The molecule has 2 unspecified atom stereocenters. The van der Waals surface area contributed by atoms with Gasteiger partial charge >= 0.3 is 0 Å². The molecule has 0 bridgehead atoms. The summed E-state index contributed by atoms with van der Waals surface area (Å²) in [6, 6.07) is 82.7. The summed E-state index contributed by atoms with van der Waals surface area (Å²) in [7, 11) is 0. The van der Waals surface area contributed by atoms with Gasteiger partial charge in [-0.1, -0.05) is 200 Å². The smallest absolute Gasteiger partial charge is 0.0782 e. The van der Waals surface area contributed by atoms with Crippen LogP contribution in [0.3, 0.4) is 0 Å². The molecule has 0 spiro atoms. The number of benzene rings is 8. The summed E-state index contributed by atoms with van der Waals surface area (Å²) in [6.45, 7) is 0. The van der Waals surface area contributed by atoms with Crippen LogP contribution in [-0.4, -0.2) is 20.6 Å². The summed E-state index contributed by atoms with van der Waals surface area (Å²) in [6.07, 6.45) is 9.15. The number of nitrogens with zero attached hydrogens (tertiary/aromatic N) is 4. The molecule has 0 fully saturated rings. The molecule has 0 saturated heterocycles. The average Bonchev–Trinajstić information content (AvgIpc) is 3.95. The highest BCUT2D eigenvalue weighted by molar-refractivity contribution is 6.15. The highest BCUT2D eigenvalue weighted by atomic mass is 15.2. The van der Waals surface area contributed by atoms with Crippen molar-refractivity contribution in [2.24, 2.45) is 0 Å². The van der Waals surface area contributed by atoms with Crippen LogP contribution in [0.1, 0.15) is 11.5 Å². The van der Waals surface area contributed by atoms with Gasteiger partial charge in [-0.25, -0.2) is 9.97 Å². The summed E-state index contributed by atoms with van der Waals surface area (Å²) >= 11 is 0. The minimum Gasteiger partial charge on any atom is -0.332 e. The highest BCUT2D eigenvalue weighted by Crippen LogP contribution is 2.53. The molecule has 68 heavy (non-hydrogen) atoms. The monoisotopic (exact) mass is 868 g/mol. The summed E-state index contributed by atoms with van der Waals surface area (Å²) in [5.74, 6) is 0.230. The molecule has 1 aliphatic carbocycles. The third kappa shape index (κ3) is 6.85. The fourth-order valence-corrected chi connectivity index (χ4v) is 10.4. The standard InChI is InChI=1S/C64H44N4/c1-3-13-47(14-4-1)57-19-11-21-59(65-57)49-29-25-43(26-30-49)45-33-37-51(38-34-45)67-61-23-9-7-17-53(61)55-41-42-56-54-18-8-10-24-62(54)68(64(56)63(55)67)52-39-35-46(36-40-52)44-27-31-50(32-28-44)60-22-12-20-58(66-60)48-15-5-2-6-16-48/h1-42,53,61H. The first-order valence-electron chi connectivity index (χ1n) is 23.4. The predicted molar refractivity (Wildman–Crippen MR) is 282 cm³/mol. The molecule has 4 heteroatoms. The Kier molecular flexibility index (Phi) is 9.61. The molecule has 4 heterocycles. The SMILES string of the molecule is C1=CC2c3ccc4c5ccccc5n(-c5ccc(-c6ccc(-c7cccc(-c8ccccc8)n7)cc6)cc5)c4c3N(c3ccc(-c4ccc(-c5cccc(-c6ccccc6)n5)cc4)cc3)C2C=C1. The molecule has 0 amide bonds. The lowest BCUT2D eigenvalue weighted by molar-refractivity contribution is 0.745. The van der Waals surface area contributed by atoms with Crippen LogP contribution in [0, 0.1) is 0 Å². The first-order valence-corrected chi connectivity index (χ1v) is 23.4. The Morgan fingerprint density at radius 3 is 1.31 bits per heavy atom. The highest BCUT2D eigenvalue weighted by Gasteiger charge is 2.40. The molecule has 13 rings (SSSR count). The molecule has 11 aromatic rings. The van der Waals surface area contributed by atoms with Gasteiger partial charge < -0.3 is 9.47 Å². The van der Waals surface area contributed by atoms with E-state index in [0.717, 1.165) is 50.7 Å². The molecule has 3 aromatic heterocycles. The molecule has 8 aromatic carbocycles. The minimum atomic E-state index is 0.151. The van der Waals surface area contributed by atoms with Gasteiger partial charge in [0.2, 0.25) is 0 Å². The van der Waals surface area contributed by atoms with E-state index in [1.165, 1.54) is 61.0 Å². The van der Waals surface area contributed by atoms with E-state index < -0.39 is 0 Å². The molecule has 2 atom stereocenters. The topological polar surface area (TPSA) is 34.0 Å². The molecule has 2 aliphatic rings. The fraction of sp³-hybridized carbons (Fsp3) is 0.0312. The quantitative estimate of drug-likeness (QED) is 0.153. The zero-order chi connectivity index (χ0) is 45.0. The largest absolute Gasteiger partial charge is 0.332 e. The van der Waals surface area contributed by atoms with E-state index in [1.54, 1.807) is 0 Å². The Morgan fingerprint density at radius 1 is 0.324 bits per heavy atom. The van der Waals surface area contributed by atoms with Gasteiger partial charge in [0.05, 0.1) is 45.5 Å². The molecule has 0 saturated carbocycles. The fourth-order valence-electron chi connectivity index (χ4n) is 10.4.